The zero-order valence-electron chi connectivity index (χ0n) is 11.4. The molecule has 3 nitrogen and oxygen atoms in total. The predicted octanol–water partition coefficient (Wildman–Crippen LogP) is 2.93. The van der Waals surface area contributed by atoms with Crippen LogP contribution in [0.4, 0.5) is 0 Å². The van der Waals surface area contributed by atoms with Crippen LogP contribution in [0.25, 0.3) is 0 Å². The minimum absolute atomic E-state index is 0.0376. The lowest BCUT2D eigenvalue weighted by Crippen LogP contribution is -2.25. The number of aromatic nitrogens is 1. The number of hydrogen-bond donors (Lipinski definition) is 1. The van der Waals surface area contributed by atoms with Crippen molar-refractivity contribution in [2.45, 2.75) is 25.2 Å². The molecule has 1 aliphatic carbocycles. The second-order valence-electron chi connectivity index (χ2n) is 5.22. The number of carbonyl (C=O) groups is 1. The molecule has 0 aliphatic heterocycles. The Balaban J connectivity index is 1.53. The van der Waals surface area contributed by atoms with Crippen LogP contribution in [0.1, 0.15) is 40.2 Å². The van der Waals surface area contributed by atoms with E-state index in [0.717, 1.165) is 12.8 Å². The summed E-state index contributed by atoms with van der Waals surface area (Å²) in [5.41, 5.74) is 3.55. The highest BCUT2D eigenvalue weighted by molar-refractivity contribution is 5.93. The van der Waals surface area contributed by atoms with Crippen molar-refractivity contribution in [3.63, 3.8) is 0 Å². The number of carbonyl (C=O) groups excluding carboxylic acids is 1. The summed E-state index contributed by atoms with van der Waals surface area (Å²) in [6, 6.07) is 12.2. The van der Waals surface area contributed by atoms with Crippen molar-refractivity contribution in [1.29, 1.82) is 0 Å². The summed E-state index contributed by atoms with van der Waals surface area (Å²) >= 11 is 0. The monoisotopic (exact) mass is 266 g/mol. The van der Waals surface area contributed by atoms with Crippen LogP contribution in [0.3, 0.4) is 0 Å². The summed E-state index contributed by atoms with van der Waals surface area (Å²) in [7, 11) is 0. The van der Waals surface area contributed by atoms with Gasteiger partial charge in [-0.1, -0.05) is 24.3 Å². The smallest absolute Gasteiger partial charge is 0.252 e. The molecule has 0 bridgehead atoms. The second-order valence-corrected chi connectivity index (χ2v) is 5.22. The van der Waals surface area contributed by atoms with E-state index < -0.39 is 0 Å². The number of rotatable bonds is 4. The summed E-state index contributed by atoms with van der Waals surface area (Å²) < 4.78 is 0. The average Bonchev–Trinajstić information content (AvgIpc) is 2.92. The van der Waals surface area contributed by atoms with Crippen molar-refractivity contribution in [1.82, 2.24) is 10.3 Å². The van der Waals surface area contributed by atoms with E-state index in [1.54, 1.807) is 24.5 Å². The van der Waals surface area contributed by atoms with Gasteiger partial charge in [0.05, 0.1) is 5.56 Å². The molecule has 0 radical (unpaired) electrons. The zero-order chi connectivity index (χ0) is 13.8. The molecule has 1 amide bonds. The summed E-state index contributed by atoms with van der Waals surface area (Å²) in [4.78, 5) is 15.9. The molecule has 1 atom stereocenters. The maximum absolute atomic E-state index is 11.9. The molecule has 1 N–H and O–H groups in total. The number of nitrogens with one attached hydrogen (secondary N) is 1. The SMILES string of the molecule is O=C(NCCC1CCc2ccccc21)c1cccnc1. The Labute approximate surface area is 119 Å². The van der Waals surface area contributed by atoms with Crippen LogP contribution in [-0.4, -0.2) is 17.4 Å². The van der Waals surface area contributed by atoms with E-state index in [9.17, 15) is 4.79 Å². The summed E-state index contributed by atoms with van der Waals surface area (Å²) in [5, 5.41) is 2.98. The fraction of sp³-hybridized carbons (Fsp3) is 0.294. The van der Waals surface area contributed by atoms with Crippen LogP contribution in [-0.2, 0) is 6.42 Å². The molecule has 1 aliphatic rings. The van der Waals surface area contributed by atoms with Gasteiger partial charge in [-0.2, -0.15) is 0 Å². The number of pyridine rings is 1. The fourth-order valence-electron chi connectivity index (χ4n) is 2.90. The van der Waals surface area contributed by atoms with Crippen molar-refractivity contribution < 1.29 is 4.79 Å². The highest BCUT2D eigenvalue weighted by Gasteiger charge is 2.21. The largest absolute Gasteiger partial charge is 0.352 e. The first-order valence-corrected chi connectivity index (χ1v) is 7.10. The molecular formula is C17H18N2O. The fourth-order valence-corrected chi connectivity index (χ4v) is 2.90. The standard InChI is InChI=1S/C17H18N2O/c20-17(15-5-3-10-18-12-15)19-11-9-14-8-7-13-4-1-2-6-16(13)14/h1-6,10,12,14H,7-9,11H2,(H,19,20). The lowest BCUT2D eigenvalue weighted by atomic mass is 9.98. The van der Waals surface area contributed by atoms with Crippen LogP contribution >= 0.6 is 0 Å². The lowest BCUT2D eigenvalue weighted by Gasteiger charge is -2.12. The van der Waals surface area contributed by atoms with E-state index in [1.165, 1.54) is 17.5 Å². The van der Waals surface area contributed by atoms with Gasteiger partial charge in [-0.3, -0.25) is 9.78 Å². The number of fused-ring (bicyclic) bond motifs is 1. The van der Waals surface area contributed by atoms with Gasteiger partial charge < -0.3 is 5.32 Å². The van der Waals surface area contributed by atoms with E-state index in [0.29, 0.717) is 18.0 Å². The quantitative estimate of drug-likeness (QED) is 0.924. The molecule has 20 heavy (non-hydrogen) atoms. The molecule has 1 aromatic carbocycles. The molecule has 0 saturated heterocycles. The molecule has 0 fully saturated rings. The third kappa shape index (κ3) is 2.72. The van der Waals surface area contributed by atoms with Crippen LogP contribution < -0.4 is 5.32 Å². The van der Waals surface area contributed by atoms with E-state index in [4.69, 9.17) is 0 Å². The van der Waals surface area contributed by atoms with Gasteiger partial charge in [0, 0.05) is 18.9 Å². The Morgan fingerprint density at radius 2 is 2.15 bits per heavy atom. The molecule has 3 rings (SSSR count). The topological polar surface area (TPSA) is 42.0 Å². The second kappa shape index (κ2) is 5.87. The molecule has 1 aromatic heterocycles. The van der Waals surface area contributed by atoms with Gasteiger partial charge in [-0.15, -0.1) is 0 Å². The number of amides is 1. The molecule has 0 spiro atoms. The minimum atomic E-state index is -0.0376. The van der Waals surface area contributed by atoms with Crippen molar-refractivity contribution in [3.05, 3.63) is 65.5 Å². The zero-order valence-corrected chi connectivity index (χ0v) is 11.4. The van der Waals surface area contributed by atoms with Gasteiger partial charge in [0.15, 0.2) is 0 Å². The summed E-state index contributed by atoms with van der Waals surface area (Å²) in [6.07, 6.45) is 6.63. The first kappa shape index (κ1) is 12.9. The Morgan fingerprint density at radius 3 is 3.00 bits per heavy atom. The van der Waals surface area contributed by atoms with E-state index >= 15 is 0 Å². The maximum Gasteiger partial charge on any atom is 0.252 e. The van der Waals surface area contributed by atoms with E-state index in [1.807, 2.05) is 0 Å². The number of benzene rings is 1. The van der Waals surface area contributed by atoms with Crippen LogP contribution in [0.5, 0.6) is 0 Å². The first-order valence-electron chi connectivity index (χ1n) is 7.10. The van der Waals surface area contributed by atoms with Crippen molar-refractivity contribution in [2.24, 2.45) is 0 Å². The van der Waals surface area contributed by atoms with Gasteiger partial charge in [0.25, 0.3) is 5.91 Å². The van der Waals surface area contributed by atoms with Crippen LogP contribution in [0, 0.1) is 0 Å². The molecule has 1 unspecified atom stereocenters. The van der Waals surface area contributed by atoms with Gasteiger partial charge in [-0.05, 0) is 48.4 Å². The van der Waals surface area contributed by atoms with Gasteiger partial charge in [0.1, 0.15) is 0 Å². The third-order valence-electron chi connectivity index (χ3n) is 3.96. The molecule has 2 aromatic rings. The van der Waals surface area contributed by atoms with Crippen molar-refractivity contribution in [2.75, 3.05) is 6.54 Å². The number of hydrogen-bond acceptors (Lipinski definition) is 2. The van der Waals surface area contributed by atoms with Crippen molar-refractivity contribution >= 4 is 5.91 Å². The molecule has 0 saturated carbocycles. The van der Waals surface area contributed by atoms with Crippen LogP contribution in [0.2, 0.25) is 0 Å². The summed E-state index contributed by atoms with van der Waals surface area (Å²) in [5.74, 6) is 0.546. The molecule has 102 valence electrons. The highest BCUT2D eigenvalue weighted by atomic mass is 16.1. The van der Waals surface area contributed by atoms with Gasteiger partial charge >= 0.3 is 0 Å². The van der Waals surface area contributed by atoms with E-state index in [-0.39, 0.29) is 5.91 Å². The average molecular weight is 266 g/mol. The minimum Gasteiger partial charge on any atom is -0.352 e. The molecule has 3 heteroatoms. The number of aryl methyl sites for hydroxylation is 1. The first-order chi connectivity index (χ1) is 9.84. The highest BCUT2D eigenvalue weighted by Crippen LogP contribution is 2.34. The van der Waals surface area contributed by atoms with Gasteiger partial charge in [0.2, 0.25) is 0 Å². The Morgan fingerprint density at radius 1 is 1.25 bits per heavy atom. The predicted molar refractivity (Wildman–Crippen MR) is 78.7 cm³/mol. The summed E-state index contributed by atoms with van der Waals surface area (Å²) in [6.45, 7) is 0.715. The molecule has 1 heterocycles. The third-order valence-corrected chi connectivity index (χ3v) is 3.96. The number of nitrogens with zero attached hydrogens (tertiary/aromatic N) is 1. The Bertz CT molecular complexity index is 595. The Kier molecular flexibility index (Phi) is 3.77. The maximum atomic E-state index is 11.9. The van der Waals surface area contributed by atoms with E-state index in [2.05, 4.69) is 34.6 Å². The normalized spacial score (nSPS) is 16.7. The van der Waals surface area contributed by atoms with Crippen LogP contribution in [0.15, 0.2) is 48.8 Å². The molecular weight excluding hydrogens is 248 g/mol. The lowest BCUT2D eigenvalue weighted by molar-refractivity contribution is 0.0952. The van der Waals surface area contributed by atoms with Gasteiger partial charge in [-0.25, -0.2) is 0 Å². The van der Waals surface area contributed by atoms with Crippen molar-refractivity contribution in [3.8, 4) is 0 Å². The Hall–Kier alpha value is -2.16.